The van der Waals surface area contributed by atoms with Gasteiger partial charge in [0.25, 0.3) is 0 Å². The Bertz CT molecular complexity index is 902. The molecule has 0 spiro atoms. The fraction of sp³-hybridized carbons (Fsp3) is 0. The summed E-state index contributed by atoms with van der Waals surface area (Å²) < 4.78 is 6.19. The van der Waals surface area contributed by atoms with Gasteiger partial charge in [0.1, 0.15) is 15.1 Å². The van der Waals surface area contributed by atoms with Crippen LogP contribution in [0.25, 0.3) is 10.4 Å². The number of ether oxygens (including phenoxy) is 1. The number of esters is 1. The van der Waals surface area contributed by atoms with Crippen molar-refractivity contribution >= 4 is 38.9 Å². The van der Waals surface area contributed by atoms with Crippen molar-refractivity contribution in [1.82, 2.24) is 5.64 Å². The number of carbonyl (C=O) groups is 1. The van der Waals surface area contributed by atoms with Gasteiger partial charge in [0, 0.05) is 4.88 Å². The lowest BCUT2D eigenvalue weighted by atomic mass is 10.2. The molecule has 0 saturated heterocycles. The molecule has 0 aliphatic rings. The minimum absolute atomic E-state index is 0.166. The Kier molecular flexibility index (Phi) is 5.34. The summed E-state index contributed by atoms with van der Waals surface area (Å²) in [5, 5.41) is 8.63. The van der Waals surface area contributed by atoms with E-state index in [9.17, 15) is 4.79 Å². The van der Waals surface area contributed by atoms with E-state index in [1.807, 2.05) is 18.2 Å². The highest BCUT2D eigenvalue weighted by Gasteiger charge is 2.15. The molecule has 3 rings (SSSR count). The number of para-hydroxylation sites is 1. The minimum atomic E-state index is -0.584. The van der Waals surface area contributed by atoms with Crippen LogP contribution in [-0.4, -0.2) is 11.2 Å². The Labute approximate surface area is 150 Å². The molecule has 0 aliphatic carbocycles. The van der Waals surface area contributed by atoms with Gasteiger partial charge >= 0.3 is 5.97 Å². The predicted molar refractivity (Wildman–Crippen MR) is 95.4 cm³/mol. The molecule has 122 valence electrons. The second-order valence-electron chi connectivity index (χ2n) is 4.60. The molecule has 2 N–H and O–H groups in total. The summed E-state index contributed by atoms with van der Waals surface area (Å²) in [6.45, 7) is 0. The molecule has 0 amide bonds. The van der Waals surface area contributed by atoms with Gasteiger partial charge in [0.15, 0.2) is 5.75 Å². The second-order valence-corrected chi connectivity index (χ2v) is 7.51. The normalized spacial score (nSPS) is 10.4. The standard InChI is InChI=1S/C16H11NO4S3/c18-16(12-3-1-2-4-13(12)21-17-19)20-11-7-5-10(6-8-11)14-9-15(22)24-23-14/h1-9,17,19H. The van der Waals surface area contributed by atoms with Gasteiger partial charge in [-0.3, -0.25) is 5.21 Å². The summed E-state index contributed by atoms with van der Waals surface area (Å²) in [5.74, 6) is -0.00574. The van der Waals surface area contributed by atoms with E-state index in [-0.39, 0.29) is 11.3 Å². The lowest BCUT2D eigenvalue weighted by Crippen LogP contribution is -2.16. The topological polar surface area (TPSA) is 67.8 Å². The van der Waals surface area contributed by atoms with E-state index in [1.54, 1.807) is 56.7 Å². The molecular weight excluding hydrogens is 366 g/mol. The van der Waals surface area contributed by atoms with Crippen LogP contribution in [0.5, 0.6) is 11.5 Å². The highest BCUT2D eigenvalue weighted by molar-refractivity contribution is 7.80. The lowest BCUT2D eigenvalue weighted by Gasteiger charge is -2.09. The van der Waals surface area contributed by atoms with Gasteiger partial charge < -0.3 is 9.57 Å². The quantitative estimate of drug-likeness (QED) is 0.221. The van der Waals surface area contributed by atoms with Crippen LogP contribution in [-0.2, 0) is 0 Å². The van der Waals surface area contributed by atoms with Gasteiger partial charge in [-0.15, -0.1) is 0 Å². The maximum absolute atomic E-state index is 12.2. The zero-order valence-corrected chi connectivity index (χ0v) is 14.5. The molecule has 8 heteroatoms. The summed E-state index contributed by atoms with van der Waals surface area (Å²) in [4.78, 5) is 18.1. The molecule has 0 radical (unpaired) electrons. The predicted octanol–water partition coefficient (Wildman–Crippen LogP) is 4.70. The number of benzene rings is 2. The van der Waals surface area contributed by atoms with Crippen molar-refractivity contribution in [3.05, 3.63) is 64.0 Å². The van der Waals surface area contributed by atoms with E-state index >= 15 is 0 Å². The number of hydrogen-bond acceptors (Lipinski definition) is 8. The van der Waals surface area contributed by atoms with E-state index in [1.165, 1.54) is 6.07 Å². The largest absolute Gasteiger partial charge is 0.423 e. The fourth-order valence-corrected chi connectivity index (χ4v) is 4.40. The van der Waals surface area contributed by atoms with Crippen molar-refractivity contribution in [1.29, 1.82) is 0 Å². The molecule has 0 fully saturated rings. The minimum Gasteiger partial charge on any atom is -0.423 e. The molecule has 2 aromatic carbocycles. The summed E-state index contributed by atoms with van der Waals surface area (Å²) in [5.41, 5.74) is 2.76. The van der Waals surface area contributed by atoms with Crippen molar-refractivity contribution in [2.75, 3.05) is 0 Å². The first-order valence-electron chi connectivity index (χ1n) is 6.75. The third-order valence-corrected chi connectivity index (χ3v) is 5.98. The van der Waals surface area contributed by atoms with Gasteiger partial charge in [-0.1, -0.05) is 45.0 Å². The van der Waals surface area contributed by atoms with E-state index in [2.05, 4.69) is 0 Å². The van der Waals surface area contributed by atoms with Crippen molar-refractivity contribution < 1.29 is 19.6 Å². The van der Waals surface area contributed by atoms with Crippen LogP contribution in [0.4, 0.5) is 0 Å². The molecule has 5 nitrogen and oxygen atoms in total. The van der Waals surface area contributed by atoms with Gasteiger partial charge in [-0.25, -0.2) is 4.79 Å². The van der Waals surface area contributed by atoms with E-state index in [4.69, 9.17) is 27.0 Å². The monoisotopic (exact) mass is 377 g/mol. The SMILES string of the molecule is O=C(Oc1ccc(-c2cc(=S)ss2)cc1)c1ccccc1ONO. The second kappa shape index (κ2) is 7.65. The number of rotatable bonds is 5. The third-order valence-electron chi connectivity index (χ3n) is 3.07. The smallest absolute Gasteiger partial charge is 0.347 e. The molecule has 3 aromatic rings. The molecule has 0 atom stereocenters. The van der Waals surface area contributed by atoms with Crippen LogP contribution in [0.3, 0.4) is 0 Å². The highest BCUT2D eigenvalue weighted by atomic mass is 32.9. The van der Waals surface area contributed by atoms with Gasteiger partial charge in [-0.05, 0) is 53.7 Å². The first kappa shape index (κ1) is 16.7. The van der Waals surface area contributed by atoms with E-state index < -0.39 is 5.97 Å². The maximum atomic E-state index is 12.2. The van der Waals surface area contributed by atoms with Crippen molar-refractivity contribution in [3.8, 4) is 21.9 Å². The van der Waals surface area contributed by atoms with Gasteiger partial charge in [0.2, 0.25) is 0 Å². The zero-order valence-electron chi connectivity index (χ0n) is 12.1. The van der Waals surface area contributed by atoms with E-state index in [0.717, 1.165) is 14.3 Å². The highest BCUT2D eigenvalue weighted by Crippen LogP contribution is 2.30. The Morgan fingerprint density at radius 1 is 1.08 bits per heavy atom. The summed E-state index contributed by atoms with van der Waals surface area (Å²) in [6, 6.07) is 15.5. The Hall–Kier alpha value is -2.10. The molecular formula is C16H11NO4S3. The molecule has 0 saturated carbocycles. The average Bonchev–Trinajstić information content (AvgIpc) is 3.03. The van der Waals surface area contributed by atoms with Gasteiger partial charge in [0.05, 0.1) is 0 Å². The van der Waals surface area contributed by atoms with Crippen LogP contribution in [0.2, 0.25) is 0 Å². The van der Waals surface area contributed by atoms with Crippen LogP contribution in [0.15, 0.2) is 54.6 Å². The van der Waals surface area contributed by atoms with E-state index in [0.29, 0.717) is 5.75 Å². The fourth-order valence-electron chi connectivity index (χ4n) is 2.00. The van der Waals surface area contributed by atoms with Crippen molar-refractivity contribution in [3.63, 3.8) is 0 Å². The lowest BCUT2D eigenvalue weighted by molar-refractivity contribution is -0.0441. The average molecular weight is 377 g/mol. The number of nitrogens with one attached hydrogen (secondary N) is 1. The summed E-state index contributed by atoms with van der Waals surface area (Å²) in [7, 11) is 3.16. The van der Waals surface area contributed by atoms with Crippen molar-refractivity contribution in [2.45, 2.75) is 0 Å². The number of hydrogen-bond donors (Lipinski definition) is 2. The Morgan fingerprint density at radius 3 is 2.50 bits per heavy atom. The number of carbonyl (C=O) groups excluding carboxylic acids is 1. The van der Waals surface area contributed by atoms with Crippen LogP contribution < -0.4 is 15.2 Å². The Morgan fingerprint density at radius 2 is 1.83 bits per heavy atom. The zero-order chi connectivity index (χ0) is 16.9. The molecule has 0 aliphatic heterocycles. The van der Waals surface area contributed by atoms with Crippen LogP contribution in [0.1, 0.15) is 10.4 Å². The third kappa shape index (κ3) is 3.86. The molecule has 0 unspecified atom stereocenters. The van der Waals surface area contributed by atoms with Crippen molar-refractivity contribution in [2.24, 2.45) is 0 Å². The first-order chi connectivity index (χ1) is 11.7. The maximum Gasteiger partial charge on any atom is 0.347 e. The molecule has 1 aromatic heterocycles. The Balaban J connectivity index is 1.76. The molecule has 24 heavy (non-hydrogen) atoms. The molecule has 0 bridgehead atoms. The molecule has 1 heterocycles. The summed E-state index contributed by atoms with van der Waals surface area (Å²) in [6.07, 6.45) is 0. The first-order valence-corrected chi connectivity index (χ1v) is 9.31. The summed E-state index contributed by atoms with van der Waals surface area (Å²) >= 11 is 5.13. The van der Waals surface area contributed by atoms with Crippen LogP contribution in [0, 0.1) is 3.82 Å². The van der Waals surface area contributed by atoms with Gasteiger partial charge in [-0.2, -0.15) is 0 Å². The van der Waals surface area contributed by atoms with Crippen LogP contribution >= 0.6 is 32.9 Å².